The molecule has 0 bridgehead atoms. The molecule has 9 nitrogen and oxygen atoms in total. The van der Waals surface area contributed by atoms with Crippen LogP contribution in [-0.4, -0.2) is 30.0 Å². The lowest BCUT2D eigenvalue weighted by Gasteiger charge is -2.10. The minimum atomic E-state index is -3.92. The standard InChI is InChI=1S/C31H27N5O4S/c1-20-12-14-23(15-13-20)30(37)34-28-21(2)36(25-8-4-3-5-9-25)35-29(28)31(38)33-24-18-16-22(17-19-24)26-10-6-7-11-27(26)41(32,39)40/h3-19H,1-2H3,(H,33,38)(H,34,37)(H2,32,39,40). The Labute approximate surface area is 237 Å². The van der Waals surface area contributed by atoms with Crippen molar-refractivity contribution in [3.63, 3.8) is 0 Å². The van der Waals surface area contributed by atoms with Crippen molar-refractivity contribution in [1.29, 1.82) is 0 Å². The molecule has 0 atom stereocenters. The third-order valence-electron chi connectivity index (χ3n) is 6.53. The van der Waals surface area contributed by atoms with Gasteiger partial charge in [-0.1, -0.05) is 66.2 Å². The first kappa shape index (κ1) is 27.5. The number of nitrogens with zero attached hydrogens (tertiary/aromatic N) is 2. The number of benzene rings is 4. The Bertz CT molecular complexity index is 1850. The molecule has 0 unspecified atom stereocenters. The largest absolute Gasteiger partial charge is 0.321 e. The first-order valence-electron chi connectivity index (χ1n) is 12.7. The summed E-state index contributed by atoms with van der Waals surface area (Å²) in [6, 6.07) is 29.5. The highest BCUT2D eigenvalue weighted by molar-refractivity contribution is 7.89. The van der Waals surface area contributed by atoms with Crippen LogP contribution in [0.5, 0.6) is 0 Å². The van der Waals surface area contributed by atoms with Crippen LogP contribution in [0.3, 0.4) is 0 Å². The van der Waals surface area contributed by atoms with Crippen LogP contribution in [0.15, 0.2) is 108 Å². The summed E-state index contributed by atoms with van der Waals surface area (Å²) in [4.78, 5) is 26.6. The van der Waals surface area contributed by atoms with E-state index >= 15 is 0 Å². The van der Waals surface area contributed by atoms with E-state index in [0.717, 1.165) is 11.3 Å². The molecule has 0 aliphatic rings. The second-order valence-corrected chi connectivity index (χ2v) is 11.0. The quantitative estimate of drug-likeness (QED) is 0.246. The lowest BCUT2D eigenvalue weighted by molar-refractivity contribution is 0.102. The Morgan fingerprint density at radius 2 is 1.39 bits per heavy atom. The number of rotatable bonds is 7. The molecular weight excluding hydrogens is 538 g/mol. The lowest BCUT2D eigenvalue weighted by atomic mass is 10.1. The fraction of sp³-hybridized carbons (Fsp3) is 0.0645. The van der Waals surface area contributed by atoms with Crippen molar-refractivity contribution < 1.29 is 18.0 Å². The number of sulfonamides is 1. The average Bonchev–Trinajstić information content (AvgIpc) is 3.29. The zero-order valence-corrected chi connectivity index (χ0v) is 23.1. The van der Waals surface area contributed by atoms with E-state index in [1.165, 1.54) is 6.07 Å². The molecule has 0 aliphatic heterocycles. The predicted molar refractivity (Wildman–Crippen MR) is 159 cm³/mol. The van der Waals surface area contributed by atoms with Crippen LogP contribution in [0.1, 0.15) is 32.1 Å². The van der Waals surface area contributed by atoms with Gasteiger partial charge in [0, 0.05) is 16.8 Å². The molecule has 5 rings (SSSR count). The number of aromatic nitrogens is 2. The number of primary sulfonamides is 1. The van der Waals surface area contributed by atoms with Gasteiger partial charge in [0.15, 0.2) is 5.69 Å². The van der Waals surface area contributed by atoms with Crippen molar-refractivity contribution in [2.45, 2.75) is 18.7 Å². The second kappa shape index (κ2) is 11.2. The molecule has 5 aromatic rings. The minimum absolute atomic E-state index is 0.00710. The third kappa shape index (κ3) is 5.93. The molecule has 206 valence electrons. The highest BCUT2D eigenvalue weighted by atomic mass is 32.2. The van der Waals surface area contributed by atoms with Gasteiger partial charge in [-0.2, -0.15) is 5.10 Å². The summed E-state index contributed by atoms with van der Waals surface area (Å²) in [5, 5.41) is 15.6. The van der Waals surface area contributed by atoms with Gasteiger partial charge in [0.1, 0.15) is 0 Å². The lowest BCUT2D eigenvalue weighted by Crippen LogP contribution is -2.18. The van der Waals surface area contributed by atoms with Crippen molar-refractivity contribution in [3.05, 3.63) is 126 Å². The van der Waals surface area contributed by atoms with Gasteiger partial charge in [0.25, 0.3) is 11.8 Å². The Morgan fingerprint density at radius 3 is 2.05 bits per heavy atom. The topological polar surface area (TPSA) is 136 Å². The van der Waals surface area contributed by atoms with E-state index < -0.39 is 15.9 Å². The van der Waals surface area contributed by atoms with Crippen molar-refractivity contribution in [2.24, 2.45) is 5.14 Å². The van der Waals surface area contributed by atoms with Crippen molar-refractivity contribution in [2.75, 3.05) is 10.6 Å². The Hall–Kier alpha value is -5.06. The fourth-order valence-corrected chi connectivity index (χ4v) is 5.16. The van der Waals surface area contributed by atoms with Crippen molar-refractivity contribution >= 4 is 33.2 Å². The van der Waals surface area contributed by atoms with E-state index in [4.69, 9.17) is 5.14 Å². The molecule has 2 amide bonds. The monoisotopic (exact) mass is 565 g/mol. The van der Waals surface area contributed by atoms with Gasteiger partial charge < -0.3 is 10.6 Å². The number of nitrogens with two attached hydrogens (primary N) is 1. The van der Waals surface area contributed by atoms with Gasteiger partial charge in [-0.15, -0.1) is 0 Å². The van der Waals surface area contributed by atoms with Crippen LogP contribution in [0.25, 0.3) is 16.8 Å². The SMILES string of the molecule is Cc1ccc(C(=O)Nc2c(C(=O)Nc3ccc(-c4ccccc4S(N)(=O)=O)cc3)nn(-c3ccccc3)c2C)cc1. The maximum absolute atomic E-state index is 13.5. The van der Waals surface area contributed by atoms with E-state index in [9.17, 15) is 18.0 Å². The Kier molecular flexibility index (Phi) is 7.52. The number of hydrogen-bond acceptors (Lipinski definition) is 5. The predicted octanol–water partition coefficient (Wildman–Crippen LogP) is 5.31. The zero-order chi connectivity index (χ0) is 29.1. The number of para-hydroxylation sites is 1. The molecular formula is C31H27N5O4S. The zero-order valence-electron chi connectivity index (χ0n) is 22.3. The summed E-state index contributed by atoms with van der Waals surface area (Å²) in [7, 11) is -3.92. The van der Waals surface area contributed by atoms with Gasteiger partial charge in [-0.3, -0.25) is 9.59 Å². The highest BCUT2D eigenvalue weighted by Gasteiger charge is 2.24. The summed E-state index contributed by atoms with van der Waals surface area (Å²) in [6.45, 7) is 3.71. The molecule has 0 radical (unpaired) electrons. The van der Waals surface area contributed by atoms with Crippen LogP contribution < -0.4 is 15.8 Å². The van der Waals surface area contributed by atoms with E-state index in [1.807, 2.05) is 49.4 Å². The Morgan fingerprint density at radius 1 is 0.756 bits per heavy atom. The molecule has 4 N–H and O–H groups in total. The molecule has 0 saturated heterocycles. The molecule has 0 spiro atoms. The number of amides is 2. The number of carbonyl (C=O) groups excluding carboxylic acids is 2. The normalized spacial score (nSPS) is 11.2. The molecule has 0 fully saturated rings. The highest BCUT2D eigenvalue weighted by Crippen LogP contribution is 2.29. The average molecular weight is 566 g/mol. The van der Waals surface area contributed by atoms with Gasteiger partial charge >= 0.3 is 0 Å². The first-order chi connectivity index (χ1) is 19.6. The summed E-state index contributed by atoms with van der Waals surface area (Å²) in [5.41, 5.74) is 4.62. The number of nitrogens with one attached hydrogen (secondary N) is 2. The maximum Gasteiger partial charge on any atom is 0.278 e. The number of aryl methyl sites for hydroxylation is 1. The molecule has 1 aromatic heterocycles. The number of anilines is 2. The molecule has 0 aliphatic carbocycles. The van der Waals surface area contributed by atoms with E-state index in [2.05, 4.69) is 15.7 Å². The minimum Gasteiger partial charge on any atom is -0.321 e. The van der Waals surface area contributed by atoms with Crippen LogP contribution in [0, 0.1) is 13.8 Å². The van der Waals surface area contributed by atoms with Gasteiger partial charge in [-0.05, 0) is 61.9 Å². The molecule has 0 saturated carbocycles. The number of hydrogen-bond donors (Lipinski definition) is 3. The summed E-state index contributed by atoms with van der Waals surface area (Å²) in [5.74, 6) is -0.896. The van der Waals surface area contributed by atoms with E-state index in [-0.39, 0.29) is 22.2 Å². The summed E-state index contributed by atoms with van der Waals surface area (Å²) >= 11 is 0. The van der Waals surface area contributed by atoms with Crippen LogP contribution in [0.4, 0.5) is 11.4 Å². The summed E-state index contributed by atoms with van der Waals surface area (Å²) < 4.78 is 25.7. The van der Waals surface area contributed by atoms with Crippen LogP contribution in [0.2, 0.25) is 0 Å². The third-order valence-corrected chi connectivity index (χ3v) is 7.50. The van der Waals surface area contributed by atoms with Crippen LogP contribution in [-0.2, 0) is 10.0 Å². The van der Waals surface area contributed by atoms with E-state index in [0.29, 0.717) is 28.1 Å². The van der Waals surface area contributed by atoms with Crippen LogP contribution >= 0.6 is 0 Å². The van der Waals surface area contributed by atoms with Gasteiger partial charge in [0.05, 0.1) is 22.0 Å². The van der Waals surface area contributed by atoms with Crippen molar-refractivity contribution in [3.8, 4) is 16.8 Å². The molecule has 1 heterocycles. The molecule has 4 aromatic carbocycles. The molecule has 41 heavy (non-hydrogen) atoms. The first-order valence-corrected chi connectivity index (χ1v) is 14.2. The second-order valence-electron chi connectivity index (χ2n) is 9.45. The summed E-state index contributed by atoms with van der Waals surface area (Å²) in [6.07, 6.45) is 0. The van der Waals surface area contributed by atoms with Gasteiger partial charge in [-0.25, -0.2) is 18.2 Å². The van der Waals surface area contributed by atoms with E-state index in [1.54, 1.807) is 66.2 Å². The Balaban J connectivity index is 1.46. The maximum atomic E-state index is 13.5. The fourth-order valence-electron chi connectivity index (χ4n) is 4.40. The number of carbonyl (C=O) groups is 2. The van der Waals surface area contributed by atoms with Gasteiger partial charge in [0.2, 0.25) is 10.0 Å². The molecule has 10 heteroatoms. The smallest absolute Gasteiger partial charge is 0.278 e. The van der Waals surface area contributed by atoms with Crippen molar-refractivity contribution in [1.82, 2.24) is 9.78 Å².